The van der Waals surface area contributed by atoms with Crippen LogP contribution in [-0.2, 0) is 10.2 Å². The summed E-state index contributed by atoms with van der Waals surface area (Å²) in [6.07, 6.45) is 0. The lowest BCUT2D eigenvalue weighted by Gasteiger charge is -2.17. The zero-order valence-electron chi connectivity index (χ0n) is 9.20. The van der Waals surface area contributed by atoms with Crippen LogP contribution < -0.4 is 0 Å². The molecule has 2 nitrogen and oxygen atoms in total. The first-order valence-corrected chi connectivity index (χ1v) is 5.02. The van der Waals surface area contributed by atoms with E-state index >= 15 is 0 Å². The Bertz CT molecular complexity index is 473. The third kappa shape index (κ3) is 1.56. The summed E-state index contributed by atoms with van der Waals surface area (Å²) in [6.45, 7) is 5.35. The first kappa shape index (κ1) is 9.97. The van der Waals surface area contributed by atoms with Gasteiger partial charge in [-0.15, -0.1) is 0 Å². The smallest absolute Gasteiger partial charge is 0.142 e. The molecule has 0 N–H and O–H groups in total. The summed E-state index contributed by atoms with van der Waals surface area (Å²) < 4.78 is 5.67. The van der Waals surface area contributed by atoms with Gasteiger partial charge in [-0.05, 0) is 32.9 Å². The van der Waals surface area contributed by atoms with Crippen LogP contribution >= 0.6 is 0 Å². The van der Waals surface area contributed by atoms with Crippen LogP contribution in [0.1, 0.15) is 26.5 Å². The van der Waals surface area contributed by atoms with Gasteiger partial charge in [-0.2, -0.15) is 0 Å². The van der Waals surface area contributed by atoms with Crippen molar-refractivity contribution in [3.8, 4) is 0 Å². The summed E-state index contributed by atoms with van der Waals surface area (Å²) >= 11 is 0. The van der Waals surface area contributed by atoms with Gasteiger partial charge in [0.05, 0.1) is 5.41 Å². The minimum absolute atomic E-state index is 0.113. The molecule has 1 heterocycles. The van der Waals surface area contributed by atoms with Gasteiger partial charge < -0.3 is 4.42 Å². The second-order valence-electron chi connectivity index (χ2n) is 4.33. The van der Waals surface area contributed by atoms with Gasteiger partial charge in [0.25, 0.3) is 0 Å². The molecule has 0 aliphatic carbocycles. The van der Waals surface area contributed by atoms with Crippen molar-refractivity contribution in [1.82, 2.24) is 0 Å². The van der Waals surface area contributed by atoms with Gasteiger partial charge in [0.1, 0.15) is 17.1 Å². The Kier molecular flexibility index (Phi) is 2.14. The van der Waals surface area contributed by atoms with Gasteiger partial charge in [0, 0.05) is 5.39 Å². The summed E-state index contributed by atoms with van der Waals surface area (Å²) in [5, 5.41) is 1.04. The fraction of sp³-hybridized carbons (Fsp3) is 0.308. The molecule has 0 bridgehead atoms. The van der Waals surface area contributed by atoms with E-state index in [2.05, 4.69) is 0 Å². The van der Waals surface area contributed by atoms with Crippen molar-refractivity contribution in [2.24, 2.45) is 0 Å². The summed E-state index contributed by atoms with van der Waals surface area (Å²) in [4.78, 5) is 11.5. The Morgan fingerprint density at radius 3 is 2.53 bits per heavy atom. The number of fused-ring (bicyclic) bond motifs is 1. The Morgan fingerprint density at radius 1 is 1.27 bits per heavy atom. The zero-order chi connectivity index (χ0) is 11.1. The van der Waals surface area contributed by atoms with Crippen LogP contribution in [0.15, 0.2) is 34.7 Å². The van der Waals surface area contributed by atoms with E-state index in [4.69, 9.17) is 4.42 Å². The molecule has 78 valence electrons. The van der Waals surface area contributed by atoms with Gasteiger partial charge in [0.2, 0.25) is 0 Å². The van der Waals surface area contributed by atoms with E-state index in [1.54, 1.807) is 6.92 Å². The van der Waals surface area contributed by atoms with Crippen molar-refractivity contribution in [2.45, 2.75) is 26.2 Å². The van der Waals surface area contributed by atoms with E-state index in [-0.39, 0.29) is 5.78 Å². The molecule has 0 radical (unpaired) electrons. The van der Waals surface area contributed by atoms with E-state index < -0.39 is 5.41 Å². The highest BCUT2D eigenvalue weighted by Crippen LogP contribution is 2.29. The monoisotopic (exact) mass is 202 g/mol. The standard InChI is InChI=1S/C13H14O2/c1-9(14)13(2,3)12-8-10-6-4-5-7-11(10)15-12/h4-8H,1-3H3. The van der Waals surface area contributed by atoms with Crippen molar-refractivity contribution in [3.05, 3.63) is 36.1 Å². The van der Waals surface area contributed by atoms with E-state index in [9.17, 15) is 4.79 Å². The Labute approximate surface area is 88.9 Å². The summed E-state index contributed by atoms with van der Waals surface area (Å²) in [5.74, 6) is 0.845. The number of ketones is 1. The number of furan rings is 1. The van der Waals surface area contributed by atoms with Crippen LogP contribution in [0, 0.1) is 0 Å². The second-order valence-corrected chi connectivity index (χ2v) is 4.33. The molecule has 2 heteroatoms. The predicted molar refractivity (Wildman–Crippen MR) is 59.9 cm³/mol. The van der Waals surface area contributed by atoms with Crippen molar-refractivity contribution in [2.75, 3.05) is 0 Å². The topological polar surface area (TPSA) is 30.2 Å². The molecule has 1 aromatic carbocycles. The Balaban J connectivity index is 2.58. The lowest BCUT2D eigenvalue weighted by atomic mass is 9.86. The number of hydrogen-bond donors (Lipinski definition) is 0. The molecular weight excluding hydrogens is 188 g/mol. The van der Waals surface area contributed by atoms with Crippen LogP contribution in [0.2, 0.25) is 0 Å². The highest BCUT2D eigenvalue weighted by molar-refractivity contribution is 5.88. The quantitative estimate of drug-likeness (QED) is 0.748. The fourth-order valence-electron chi connectivity index (χ4n) is 1.46. The number of carbonyl (C=O) groups is 1. The average molecular weight is 202 g/mol. The molecule has 0 unspecified atom stereocenters. The number of Topliss-reactive ketones (excluding diaryl/α,β-unsaturated/α-hetero) is 1. The van der Waals surface area contributed by atoms with E-state index in [0.29, 0.717) is 0 Å². The van der Waals surface area contributed by atoms with Gasteiger partial charge in [-0.3, -0.25) is 4.79 Å². The normalized spacial score (nSPS) is 11.9. The minimum Gasteiger partial charge on any atom is -0.460 e. The van der Waals surface area contributed by atoms with Crippen LogP contribution in [0.4, 0.5) is 0 Å². The Morgan fingerprint density at radius 2 is 1.93 bits per heavy atom. The van der Waals surface area contributed by atoms with E-state index in [0.717, 1.165) is 16.7 Å². The molecule has 0 saturated heterocycles. The molecule has 15 heavy (non-hydrogen) atoms. The summed E-state index contributed by atoms with van der Waals surface area (Å²) in [5.41, 5.74) is 0.292. The largest absolute Gasteiger partial charge is 0.460 e. The molecule has 0 spiro atoms. The summed E-state index contributed by atoms with van der Waals surface area (Å²) in [7, 11) is 0. The number of carbonyl (C=O) groups excluding carboxylic acids is 1. The molecular formula is C13H14O2. The lowest BCUT2D eigenvalue weighted by molar-refractivity contribution is -0.121. The van der Waals surface area contributed by atoms with Gasteiger partial charge in [-0.25, -0.2) is 0 Å². The lowest BCUT2D eigenvalue weighted by Crippen LogP contribution is -2.25. The molecule has 1 aromatic heterocycles. The number of hydrogen-bond acceptors (Lipinski definition) is 2. The van der Waals surface area contributed by atoms with Gasteiger partial charge >= 0.3 is 0 Å². The van der Waals surface area contributed by atoms with Crippen LogP contribution in [-0.4, -0.2) is 5.78 Å². The van der Waals surface area contributed by atoms with Crippen LogP contribution in [0.5, 0.6) is 0 Å². The van der Waals surface area contributed by atoms with Crippen LogP contribution in [0.25, 0.3) is 11.0 Å². The van der Waals surface area contributed by atoms with Gasteiger partial charge in [-0.1, -0.05) is 18.2 Å². The Hall–Kier alpha value is -1.57. The number of para-hydroxylation sites is 1. The SMILES string of the molecule is CC(=O)C(C)(C)c1cc2ccccc2o1. The maximum Gasteiger partial charge on any atom is 0.142 e. The second kappa shape index (κ2) is 3.23. The zero-order valence-corrected chi connectivity index (χ0v) is 9.20. The molecule has 2 rings (SSSR count). The maximum atomic E-state index is 11.5. The molecule has 0 aliphatic rings. The molecule has 0 atom stereocenters. The number of benzene rings is 1. The predicted octanol–water partition coefficient (Wildman–Crippen LogP) is 3.30. The van der Waals surface area contributed by atoms with Crippen LogP contribution in [0.3, 0.4) is 0 Å². The minimum atomic E-state index is -0.543. The molecule has 2 aromatic rings. The molecule has 0 amide bonds. The molecule has 0 saturated carbocycles. The third-order valence-electron chi connectivity index (χ3n) is 2.92. The molecule has 0 fully saturated rings. The summed E-state index contributed by atoms with van der Waals surface area (Å²) in [6, 6.07) is 9.73. The van der Waals surface area contributed by atoms with Crippen molar-refractivity contribution in [3.63, 3.8) is 0 Å². The molecule has 0 aliphatic heterocycles. The maximum absolute atomic E-state index is 11.5. The highest BCUT2D eigenvalue weighted by Gasteiger charge is 2.29. The van der Waals surface area contributed by atoms with E-state index in [1.165, 1.54) is 0 Å². The highest BCUT2D eigenvalue weighted by atomic mass is 16.3. The van der Waals surface area contributed by atoms with Gasteiger partial charge in [0.15, 0.2) is 0 Å². The fourth-order valence-corrected chi connectivity index (χ4v) is 1.46. The van der Waals surface area contributed by atoms with Crippen molar-refractivity contribution < 1.29 is 9.21 Å². The average Bonchev–Trinajstić information content (AvgIpc) is 2.61. The first-order chi connectivity index (χ1) is 7.01. The van der Waals surface area contributed by atoms with E-state index in [1.807, 2.05) is 44.2 Å². The van der Waals surface area contributed by atoms with Crippen molar-refractivity contribution >= 4 is 16.8 Å². The van der Waals surface area contributed by atoms with Crippen molar-refractivity contribution in [1.29, 1.82) is 0 Å². The third-order valence-corrected chi connectivity index (χ3v) is 2.92. The number of rotatable bonds is 2. The first-order valence-electron chi connectivity index (χ1n) is 5.02.